The van der Waals surface area contributed by atoms with E-state index in [1.54, 1.807) is 27.8 Å². The molecule has 3 N–H and O–H groups in total. The minimum Gasteiger partial charge on any atom is -0.480 e. The number of carbonyl (C=O) groups excluding carboxylic acids is 2. The number of hydrogen-bond acceptors (Lipinski definition) is 12. The van der Waals surface area contributed by atoms with E-state index in [1.165, 1.54) is 11.2 Å². The van der Waals surface area contributed by atoms with E-state index in [-0.39, 0.29) is 30.6 Å². The predicted octanol–water partition coefficient (Wildman–Crippen LogP) is 7.53. The Labute approximate surface area is 364 Å². The standard InChI is InChI=1S/C46H63N7O9/c1-44(2,3)61-42(56)50-35(41(54)55)20-23-52(22-14-21-47-27-30-15-13-18-33(25-30)58-32-16-11-10-12-17-32)28-31-26-36(38-37(31)59-46(7,8)60-38)53-24-19-34-39(48-29-49-40(34)53)51(9)43(57)62-45(4,5)6/h10-13,15-19,24-25,29,31,35-38,47H,14,20-23,26-28H2,1-9H3,(H,50,56)(H,54,55)/t31-,35?,36-,37-,38+/m1/s1. The number of rotatable bonds is 17. The number of benzene rings is 2. The van der Waals surface area contributed by atoms with Crippen LogP contribution in [0.5, 0.6) is 11.5 Å². The maximum absolute atomic E-state index is 13.0. The summed E-state index contributed by atoms with van der Waals surface area (Å²) in [6, 6.07) is 18.2. The SMILES string of the molecule is CN(C(=O)OC(C)(C)C)c1ncnc2c1ccn2[C@@H]1C[C@H](CN(CCCNCc2cccc(Oc3ccccc3)c2)CCC(NC(=O)OC(C)(C)C)C(=O)O)[C@H]2OC(C)(C)O[C@H]21. The Kier molecular flexibility index (Phi) is 14.5. The van der Waals surface area contributed by atoms with Gasteiger partial charge in [-0.15, -0.1) is 0 Å². The molecule has 1 aliphatic heterocycles. The number of anilines is 1. The third-order valence-corrected chi connectivity index (χ3v) is 10.6. The summed E-state index contributed by atoms with van der Waals surface area (Å²) in [4.78, 5) is 50.9. The van der Waals surface area contributed by atoms with Crippen molar-refractivity contribution in [2.24, 2.45) is 5.92 Å². The maximum atomic E-state index is 13.0. The Morgan fingerprint density at radius 1 is 0.935 bits per heavy atom. The fourth-order valence-electron chi connectivity index (χ4n) is 8.07. The van der Waals surface area contributed by atoms with Crippen LogP contribution in [0, 0.1) is 5.92 Å². The molecule has 2 aliphatic rings. The van der Waals surface area contributed by atoms with Gasteiger partial charge in [-0.1, -0.05) is 30.3 Å². The Hall–Kier alpha value is -5.29. The summed E-state index contributed by atoms with van der Waals surface area (Å²) in [6.07, 6.45) is 3.16. The topological polar surface area (TPSA) is 179 Å². The molecule has 3 heterocycles. The lowest BCUT2D eigenvalue weighted by Gasteiger charge is -2.30. The molecule has 2 aromatic carbocycles. The van der Waals surface area contributed by atoms with Crippen LogP contribution in [0.3, 0.4) is 0 Å². The fourth-order valence-corrected chi connectivity index (χ4v) is 8.07. The van der Waals surface area contributed by atoms with Crippen molar-refractivity contribution in [3.05, 3.63) is 78.8 Å². The molecule has 2 fully saturated rings. The van der Waals surface area contributed by atoms with Crippen LogP contribution in [0.4, 0.5) is 15.4 Å². The number of ether oxygens (including phenoxy) is 5. The van der Waals surface area contributed by atoms with E-state index in [1.807, 2.05) is 95.4 Å². The van der Waals surface area contributed by atoms with Gasteiger partial charge in [-0.3, -0.25) is 4.90 Å². The first-order valence-electron chi connectivity index (χ1n) is 21.4. The molecule has 62 heavy (non-hydrogen) atoms. The molecular formula is C46H63N7O9. The molecule has 1 aliphatic carbocycles. The van der Waals surface area contributed by atoms with Crippen molar-refractivity contribution >= 4 is 35.0 Å². The van der Waals surface area contributed by atoms with Crippen LogP contribution in [0.25, 0.3) is 11.0 Å². The highest BCUT2D eigenvalue weighted by atomic mass is 16.8. The van der Waals surface area contributed by atoms with E-state index in [0.717, 1.165) is 23.5 Å². The summed E-state index contributed by atoms with van der Waals surface area (Å²) in [5.74, 6) is -0.00940. The van der Waals surface area contributed by atoms with Crippen molar-refractivity contribution < 1.29 is 43.2 Å². The molecule has 1 unspecified atom stereocenters. The highest BCUT2D eigenvalue weighted by molar-refractivity contribution is 5.97. The molecule has 336 valence electrons. The average Bonchev–Trinajstić information content (AvgIpc) is 3.85. The summed E-state index contributed by atoms with van der Waals surface area (Å²) >= 11 is 0. The lowest BCUT2D eigenvalue weighted by Crippen LogP contribution is -2.46. The second kappa shape index (κ2) is 19.4. The van der Waals surface area contributed by atoms with Crippen molar-refractivity contribution in [2.75, 3.05) is 38.1 Å². The Morgan fingerprint density at radius 3 is 2.35 bits per heavy atom. The van der Waals surface area contributed by atoms with Crippen LogP contribution >= 0.6 is 0 Å². The maximum Gasteiger partial charge on any atom is 0.415 e. The van der Waals surface area contributed by atoms with E-state index >= 15 is 0 Å². The smallest absolute Gasteiger partial charge is 0.415 e. The minimum atomic E-state index is -1.15. The molecule has 1 saturated carbocycles. The lowest BCUT2D eigenvalue weighted by atomic mass is 10.0. The Balaban J connectivity index is 1.17. The number of aliphatic carboxylic acids is 1. The second-order valence-electron chi connectivity index (χ2n) is 18.5. The molecule has 4 aromatic rings. The Bertz CT molecular complexity index is 2150. The van der Waals surface area contributed by atoms with Gasteiger partial charge in [0.25, 0.3) is 0 Å². The van der Waals surface area contributed by atoms with Gasteiger partial charge in [-0.25, -0.2) is 24.4 Å². The van der Waals surface area contributed by atoms with Crippen LogP contribution in [0.2, 0.25) is 0 Å². The molecule has 5 atom stereocenters. The van der Waals surface area contributed by atoms with Crippen molar-refractivity contribution in [1.82, 2.24) is 30.1 Å². The zero-order valence-electron chi connectivity index (χ0n) is 37.4. The number of nitrogens with one attached hydrogen (secondary N) is 2. The summed E-state index contributed by atoms with van der Waals surface area (Å²) in [5, 5.41) is 16.9. The van der Waals surface area contributed by atoms with Crippen LogP contribution in [-0.4, -0.2) is 111 Å². The number of carboxylic acid groups (broad SMARTS) is 1. The van der Waals surface area contributed by atoms with Gasteiger partial charge in [-0.05, 0) is 124 Å². The van der Waals surface area contributed by atoms with Crippen LogP contribution in [-0.2, 0) is 30.3 Å². The number of carbonyl (C=O) groups is 3. The largest absolute Gasteiger partial charge is 0.480 e. The molecule has 16 nitrogen and oxygen atoms in total. The van der Waals surface area contributed by atoms with Crippen molar-refractivity contribution in [2.45, 2.75) is 122 Å². The average molecular weight is 858 g/mol. The summed E-state index contributed by atoms with van der Waals surface area (Å²) < 4.78 is 32.3. The molecule has 6 rings (SSSR count). The number of hydrogen-bond donors (Lipinski definition) is 3. The molecule has 0 spiro atoms. The molecule has 2 aromatic heterocycles. The predicted molar refractivity (Wildman–Crippen MR) is 234 cm³/mol. The number of fused-ring (bicyclic) bond motifs is 2. The van der Waals surface area contributed by atoms with E-state index in [2.05, 4.69) is 36.1 Å². The highest BCUT2D eigenvalue weighted by Gasteiger charge is 2.55. The first-order chi connectivity index (χ1) is 29.2. The third-order valence-electron chi connectivity index (χ3n) is 10.6. The number of carboxylic acids is 1. The highest BCUT2D eigenvalue weighted by Crippen LogP contribution is 2.48. The molecule has 0 radical (unpaired) electrons. The van der Waals surface area contributed by atoms with Crippen LogP contribution < -0.4 is 20.3 Å². The normalized spacial score (nSPS) is 20.2. The van der Waals surface area contributed by atoms with E-state index < -0.39 is 41.2 Å². The molecule has 16 heteroatoms. The van der Waals surface area contributed by atoms with Gasteiger partial charge in [0, 0.05) is 38.8 Å². The number of amides is 2. The van der Waals surface area contributed by atoms with Crippen molar-refractivity contribution in [3.63, 3.8) is 0 Å². The monoisotopic (exact) mass is 857 g/mol. The van der Waals surface area contributed by atoms with Gasteiger partial charge in [0.1, 0.15) is 46.8 Å². The van der Waals surface area contributed by atoms with E-state index in [9.17, 15) is 19.5 Å². The van der Waals surface area contributed by atoms with E-state index in [4.69, 9.17) is 23.7 Å². The van der Waals surface area contributed by atoms with Gasteiger partial charge in [0.15, 0.2) is 11.6 Å². The van der Waals surface area contributed by atoms with Gasteiger partial charge >= 0.3 is 18.2 Å². The third kappa shape index (κ3) is 12.4. The van der Waals surface area contributed by atoms with Gasteiger partial charge in [0.05, 0.1) is 17.5 Å². The summed E-state index contributed by atoms with van der Waals surface area (Å²) in [5.41, 5.74) is 0.286. The minimum absolute atomic E-state index is 0.00243. The molecule has 2 amide bonds. The van der Waals surface area contributed by atoms with Gasteiger partial charge in [0.2, 0.25) is 0 Å². The van der Waals surface area contributed by atoms with Crippen LogP contribution in [0.15, 0.2) is 73.2 Å². The molecule has 1 saturated heterocycles. The van der Waals surface area contributed by atoms with Gasteiger partial charge in [-0.2, -0.15) is 0 Å². The van der Waals surface area contributed by atoms with Crippen molar-refractivity contribution in [3.8, 4) is 11.5 Å². The van der Waals surface area contributed by atoms with Gasteiger partial charge < -0.3 is 48.9 Å². The zero-order valence-corrected chi connectivity index (χ0v) is 37.4. The Morgan fingerprint density at radius 2 is 1.65 bits per heavy atom. The first-order valence-corrected chi connectivity index (χ1v) is 21.4. The fraction of sp³-hybridized carbons (Fsp3) is 0.543. The second-order valence-corrected chi connectivity index (χ2v) is 18.5. The number of aromatic nitrogens is 3. The first kappa shape index (κ1) is 46.2. The zero-order chi connectivity index (χ0) is 44.8. The van der Waals surface area contributed by atoms with Crippen molar-refractivity contribution in [1.29, 1.82) is 0 Å². The number of para-hydroxylation sites is 1. The quantitative estimate of drug-likeness (QED) is 0.0889. The molecule has 0 bridgehead atoms. The lowest BCUT2D eigenvalue weighted by molar-refractivity contribution is -0.161. The van der Waals surface area contributed by atoms with E-state index in [0.29, 0.717) is 56.0 Å². The summed E-state index contributed by atoms with van der Waals surface area (Å²) in [6.45, 7) is 17.5. The summed E-state index contributed by atoms with van der Waals surface area (Å²) in [7, 11) is 1.63. The number of alkyl carbamates (subject to hydrolysis) is 1. The number of nitrogens with zero attached hydrogens (tertiary/aromatic N) is 5. The van der Waals surface area contributed by atoms with Crippen LogP contribution in [0.1, 0.15) is 86.3 Å². The molecular weight excluding hydrogens is 795 g/mol.